The summed E-state index contributed by atoms with van der Waals surface area (Å²) in [6.07, 6.45) is 0. The maximum absolute atomic E-state index is 13.7. The van der Waals surface area contributed by atoms with Crippen molar-refractivity contribution in [2.24, 2.45) is 0 Å². The molecule has 0 heterocycles. The van der Waals surface area contributed by atoms with E-state index in [-0.39, 0.29) is 10.7 Å². The van der Waals surface area contributed by atoms with Crippen molar-refractivity contribution in [3.63, 3.8) is 0 Å². The van der Waals surface area contributed by atoms with Gasteiger partial charge in [-0.25, -0.2) is 4.39 Å². The first kappa shape index (κ1) is 13.8. The van der Waals surface area contributed by atoms with Crippen LogP contribution in [0.15, 0.2) is 42.5 Å². The second kappa shape index (κ2) is 5.99. The summed E-state index contributed by atoms with van der Waals surface area (Å²) >= 11 is 10.8. The molecule has 0 saturated carbocycles. The van der Waals surface area contributed by atoms with Gasteiger partial charge in [0.2, 0.25) is 0 Å². The van der Waals surface area contributed by atoms with Gasteiger partial charge in [0.25, 0.3) is 0 Å². The van der Waals surface area contributed by atoms with Gasteiger partial charge in [0, 0.05) is 5.69 Å². The minimum atomic E-state index is -0.516. The molecule has 2 aromatic rings. The maximum Gasteiger partial charge on any atom is 0.175 e. The van der Waals surface area contributed by atoms with Gasteiger partial charge in [-0.05, 0) is 43.4 Å². The van der Waals surface area contributed by atoms with E-state index in [1.54, 1.807) is 12.1 Å². The summed E-state index contributed by atoms with van der Waals surface area (Å²) in [4.78, 5) is 0. The molecule has 0 spiro atoms. The summed E-state index contributed by atoms with van der Waals surface area (Å²) in [6.45, 7) is 2.00. The van der Waals surface area contributed by atoms with Gasteiger partial charge in [-0.3, -0.25) is 0 Å². The lowest BCUT2D eigenvalue weighted by atomic mass is 10.2. The number of hydrogen-bond acceptors (Lipinski definition) is 1. The Morgan fingerprint density at radius 2 is 1.79 bits per heavy atom. The van der Waals surface area contributed by atoms with Gasteiger partial charge in [-0.15, -0.1) is 0 Å². The fourth-order valence-corrected chi connectivity index (χ4v) is 1.92. The topological polar surface area (TPSA) is 24.1 Å². The van der Waals surface area contributed by atoms with Gasteiger partial charge in [0.15, 0.2) is 10.9 Å². The van der Waals surface area contributed by atoms with E-state index in [2.05, 4.69) is 10.6 Å². The number of hydrogen-bond donors (Lipinski definition) is 2. The van der Waals surface area contributed by atoms with Crippen molar-refractivity contribution < 1.29 is 4.39 Å². The lowest BCUT2D eigenvalue weighted by Crippen LogP contribution is -2.19. The van der Waals surface area contributed by atoms with Crippen LogP contribution in [0.4, 0.5) is 15.8 Å². The zero-order chi connectivity index (χ0) is 13.8. The quantitative estimate of drug-likeness (QED) is 0.792. The molecule has 5 heteroatoms. The van der Waals surface area contributed by atoms with Gasteiger partial charge in [0.05, 0.1) is 10.7 Å². The number of anilines is 2. The predicted molar refractivity (Wildman–Crippen MR) is 82.4 cm³/mol. The summed E-state index contributed by atoms with van der Waals surface area (Å²) in [5.74, 6) is -0.516. The molecule has 0 saturated heterocycles. The fourth-order valence-electron chi connectivity index (χ4n) is 1.52. The van der Waals surface area contributed by atoms with Crippen LogP contribution >= 0.6 is 23.8 Å². The summed E-state index contributed by atoms with van der Waals surface area (Å²) in [6, 6.07) is 12.4. The molecule has 2 rings (SSSR count). The summed E-state index contributed by atoms with van der Waals surface area (Å²) in [5.41, 5.74) is 2.24. The van der Waals surface area contributed by atoms with Crippen molar-refractivity contribution in [2.45, 2.75) is 6.92 Å². The Labute approximate surface area is 121 Å². The van der Waals surface area contributed by atoms with E-state index in [9.17, 15) is 4.39 Å². The smallest absolute Gasteiger partial charge is 0.175 e. The van der Waals surface area contributed by atoms with Gasteiger partial charge >= 0.3 is 0 Å². The molecule has 98 valence electrons. The van der Waals surface area contributed by atoms with Crippen LogP contribution in [-0.4, -0.2) is 5.11 Å². The van der Waals surface area contributed by atoms with Crippen molar-refractivity contribution in [3.05, 3.63) is 58.9 Å². The second-order valence-electron chi connectivity index (χ2n) is 4.05. The first-order valence-electron chi connectivity index (χ1n) is 5.65. The van der Waals surface area contributed by atoms with E-state index >= 15 is 0 Å². The minimum Gasteiger partial charge on any atom is -0.332 e. The average Bonchev–Trinajstić information content (AvgIpc) is 2.38. The van der Waals surface area contributed by atoms with Crippen LogP contribution in [0, 0.1) is 12.7 Å². The third-order valence-electron chi connectivity index (χ3n) is 2.51. The predicted octanol–water partition coefficient (Wildman–Crippen LogP) is 4.60. The van der Waals surface area contributed by atoms with Gasteiger partial charge in [0.1, 0.15) is 0 Å². The lowest BCUT2D eigenvalue weighted by Gasteiger charge is -2.11. The fraction of sp³-hybridized carbons (Fsp3) is 0.0714. The van der Waals surface area contributed by atoms with Crippen molar-refractivity contribution in [3.8, 4) is 0 Å². The standard InChI is InChI=1S/C14H12ClFN2S/c1-9-5-7-10(8-6-9)17-14(19)18-12-4-2-3-11(15)13(12)16/h2-8H,1H3,(H2,17,18,19). The van der Waals surface area contributed by atoms with E-state index in [0.717, 1.165) is 11.3 Å². The monoisotopic (exact) mass is 294 g/mol. The lowest BCUT2D eigenvalue weighted by molar-refractivity contribution is 0.632. The highest BCUT2D eigenvalue weighted by molar-refractivity contribution is 7.80. The Balaban J connectivity index is 2.05. The van der Waals surface area contributed by atoms with E-state index in [1.165, 1.54) is 6.07 Å². The van der Waals surface area contributed by atoms with Gasteiger partial charge in [-0.1, -0.05) is 35.4 Å². The van der Waals surface area contributed by atoms with Crippen molar-refractivity contribution in [1.29, 1.82) is 0 Å². The molecule has 2 N–H and O–H groups in total. The highest BCUT2D eigenvalue weighted by atomic mass is 35.5. The maximum atomic E-state index is 13.7. The second-order valence-corrected chi connectivity index (χ2v) is 4.86. The molecule has 2 nitrogen and oxygen atoms in total. The zero-order valence-electron chi connectivity index (χ0n) is 10.2. The molecule has 0 aliphatic heterocycles. The third-order valence-corrected chi connectivity index (χ3v) is 3.01. The molecular formula is C14H12ClFN2S. The number of thiocarbonyl (C=S) groups is 1. The van der Waals surface area contributed by atoms with Gasteiger partial charge < -0.3 is 10.6 Å². The largest absolute Gasteiger partial charge is 0.332 e. The highest BCUT2D eigenvalue weighted by Gasteiger charge is 2.07. The Hall–Kier alpha value is -1.65. The summed E-state index contributed by atoms with van der Waals surface area (Å²) in [5, 5.41) is 6.12. The van der Waals surface area contributed by atoms with Crippen LogP contribution in [0.1, 0.15) is 5.56 Å². The van der Waals surface area contributed by atoms with E-state index in [1.807, 2.05) is 31.2 Å². The molecule has 0 aliphatic rings. The van der Waals surface area contributed by atoms with Crippen molar-refractivity contribution >= 4 is 40.3 Å². The normalized spacial score (nSPS) is 10.1. The number of nitrogens with one attached hydrogen (secondary N) is 2. The number of aryl methyl sites for hydroxylation is 1. The Kier molecular flexibility index (Phi) is 4.35. The number of rotatable bonds is 2. The van der Waals surface area contributed by atoms with Crippen LogP contribution in [-0.2, 0) is 0 Å². The van der Waals surface area contributed by atoms with E-state index in [4.69, 9.17) is 23.8 Å². The Morgan fingerprint density at radius 3 is 2.47 bits per heavy atom. The van der Waals surface area contributed by atoms with Crippen molar-refractivity contribution in [2.75, 3.05) is 10.6 Å². The molecule has 0 aliphatic carbocycles. The molecular weight excluding hydrogens is 283 g/mol. The molecule has 0 radical (unpaired) electrons. The van der Waals surface area contributed by atoms with Crippen molar-refractivity contribution in [1.82, 2.24) is 0 Å². The van der Waals surface area contributed by atoms with Crippen LogP contribution in [0.25, 0.3) is 0 Å². The summed E-state index contributed by atoms with van der Waals surface area (Å²) in [7, 11) is 0. The average molecular weight is 295 g/mol. The molecule has 0 atom stereocenters. The summed E-state index contributed by atoms with van der Waals surface area (Å²) < 4.78 is 13.7. The molecule has 0 aromatic heterocycles. The van der Waals surface area contributed by atoms with E-state index in [0.29, 0.717) is 5.11 Å². The Morgan fingerprint density at radius 1 is 1.11 bits per heavy atom. The van der Waals surface area contributed by atoms with Crippen LogP contribution in [0.5, 0.6) is 0 Å². The molecule has 2 aromatic carbocycles. The minimum absolute atomic E-state index is 0.0585. The highest BCUT2D eigenvalue weighted by Crippen LogP contribution is 2.22. The zero-order valence-corrected chi connectivity index (χ0v) is 11.8. The number of halogens is 2. The van der Waals surface area contributed by atoms with Crippen LogP contribution in [0.3, 0.4) is 0 Å². The first-order valence-corrected chi connectivity index (χ1v) is 6.43. The molecule has 0 amide bonds. The first-order chi connectivity index (χ1) is 9.06. The van der Waals surface area contributed by atoms with Crippen LogP contribution in [0.2, 0.25) is 5.02 Å². The Bertz CT molecular complexity index is 599. The molecule has 19 heavy (non-hydrogen) atoms. The van der Waals surface area contributed by atoms with Crippen LogP contribution < -0.4 is 10.6 Å². The third kappa shape index (κ3) is 3.66. The van der Waals surface area contributed by atoms with E-state index < -0.39 is 5.82 Å². The van der Waals surface area contributed by atoms with Gasteiger partial charge in [-0.2, -0.15) is 0 Å². The number of benzene rings is 2. The SMILES string of the molecule is Cc1ccc(NC(=S)Nc2cccc(Cl)c2F)cc1. The molecule has 0 bridgehead atoms. The molecule has 0 fully saturated rings. The molecule has 0 unspecified atom stereocenters.